The Balaban J connectivity index is 2.23. The van der Waals surface area contributed by atoms with E-state index >= 15 is 0 Å². The van der Waals surface area contributed by atoms with Crippen LogP contribution < -0.4 is 0 Å². The minimum absolute atomic E-state index is 0.0816. The van der Waals surface area contributed by atoms with Gasteiger partial charge in [-0.3, -0.25) is 4.79 Å². The van der Waals surface area contributed by atoms with Gasteiger partial charge in [0.25, 0.3) is 0 Å². The van der Waals surface area contributed by atoms with Gasteiger partial charge in [-0.2, -0.15) is 0 Å². The zero-order valence-electron chi connectivity index (χ0n) is 8.54. The topological polar surface area (TPSA) is 17.1 Å². The number of carbonyl (C=O) groups is 1. The molecule has 0 N–H and O–H groups in total. The van der Waals surface area contributed by atoms with Crippen LogP contribution in [0.3, 0.4) is 0 Å². The molecule has 0 aliphatic heterocycles. The van der Waals surface area contributed by atoms with Crippen molar-refractivity contribution in [3.63, 3.8) is 0 Å². The van der Waals surface area contributed by atoms with E-state index in [0.29, 0.717) is 10.4 Å². The molecule has 0 saturated carbocycles. The summed E-state index contributed by atoms with van der Waals surface area (Å²) in [7, 11) is 0. The number of hydrogen-bond donors (Lipinski definition) is 0. The van der Waals surface area contributed by atoms with Gasteiger partial charge in [-0.15, -0.1) is 11.3 Å². The largest absolute Gasteiger partial charge is 0.293 e. The van der Waals surface area contributed by atoms with Gasteiger partial charge < -0.3 is 0 Å². The normalized spacial score (nSPS) is 10.5. The zero-order chi connectivity index (χ0) is 12.4. The summed E-state index contributed by atoms with van der Waals surface area (Å²) < 4.78 is 15.0. The minimum Gasteiger partial charge on any atom is -0.293 e. The lowest BCUT2D eigenvalue weighted by Gasteiger charge is -2.01. The molecule has 0 atom stereocenters. The first-order chi connectivity index (χ1) is 8.09. The Morgan fingerprint density at radius 3 is 2.59 bits per heavy atom. The zero-order valence-corrected chi connectivity index (χ0v) is 12.5. The molecular formula is C12H7Br2FOS. The summed E-state index contributed by atoms with van der Waals surface area (Å²) in [5, 5.41) is 1.83. The summed E-state index contributed by atoms with van der Waals surface area (Å²) in [6.07, 6.45) is 0.0816. The molecule has 0 bridgehead atoms. The Labute approximate surface area is 119 Å². The van der Waals surface area contributed by atoms with Gasteiger partial charge in [-0.1, -0.05) is 18.2 Å². The fraction of sp³-hybridized carbons (Fsp3) is 0.0833. The van der Waals surface area contributed by atoms with Gasteiger partial charge >= 0.3 is 0 Å². The Hall–Kier alpha value is -0.520. The molecule has 0 radical (unpaired) electrons. The molecule has 2 rings (SSSR count). The van der Waals surface area contributed by atoms with Gasteiger partial charge in [-0.25, -0.2) is 4.39 Å². The van der Waals surface area contributed by atoms with E-state index in [9.17, 15) is 9.18 Å². The lowest BCUT2D eigenvalue weighted by atomic mass is 10.1. The SMILES string of the molecule is O=C(Cc1ccccc1F)c1scc(Br)c1Br. The van der Waals surface area contributed by atoms with Crippen LogP contribution in [-0.2, 0) is 6.42 Å². The maximum absolute atomic E-state index is 13.4. The van der Waals surface area contributed by atoms with E-state index in [1.807, 2.05) is 5.38 Å². The van der Waals surface area contributed by atoms with E-state index in [2.05, 4.69) is 31.9 Å². The third-order valence-corrected chi connectivity index (χ3v) is 5.82. The maximum Gasteiger partial charge on any atom is 0.178 e. The molecular weight excluding hydrogens is 371 g/mol. The van der Waals surface area contributed by atoms with Crippen molar-refractivity contribution in [2.24, 2.45) is 0 Å². The number of ketones is 1. The second kappa shape index (κ2) is 5.42. The maximum atomic E-state index is 13.4. The molecule has 0 amide bonds. The molecule has 0 spiro atoms. The highest BCUT2D eigenvalue weighted by Crippen LogP contribution is 2.33. The molecule has 17 heavy (non-hydrogen) atoms. The molecule has 0 fully saturated rings. The van der Waals surface area contributed by atoms with E-state index < -0.39 is 0 Å². The summed E-state index contributed by atoms with van der Waals surface area (Å²) >= 11 is 8.00. The lowest BCUT2D eigenvalue weighted by molar-refractivity contribution is 0.0995. The van der Waals surface area contributed by atoms with Crippen molar-refractivity contribution in [2.75, 3.05) is 0 Å². The molecule has 0 aliphatic rings. The van der Waals surface area contributed by atoms with E-state index in [0.717, 1.165) is 8.95 Å². The highest BCUT2D eigenvalue weighted by atomic mass is 79.9. The Morgan fingerprint density at radius 1 is 1.29 bits per heavy atom. The van der Waals surface area contributed by atoms with E-state index in [4.69, 9.17) is 0 Å². The number of benzene rings is 1. The van der Waals surface area contributed by atoms with Gasteiger partial charge in [0.05, 0.1) is 9.35 Å². The van der Waals surface area contributed by atoms with Crippen LogP contribution in [0, 0.1) is 5.82 Å². The molecule has 88 valence electrons. The van der Waals surface area contributed by atoms with Crippen molar-refractivity contribution in [3.05, 3.63) is 54.8 Å². The van der Waals surface area contributed by atoms with Gasteiger partial charge in [0.2, 0.25) is 0 Å². The number of rotatable bonds is 3. The predicted octanol–water partition coefficient (Wildman–Crippen LogP) is 4.84. The second-order valence-electron chi connectivity index (χ2n) is 3.42. The smallest absolute Gasteiger partial charge is 0.178 e. The van der Waals surface area contributed by atoms with Crippen LogP contribution >= 0.6 is 43.2 Å². The fourth-order valence-electron chi connectivity index (χ4n) is 1.41. The predicted molar refractivity (Wildman–Crippen MR) is 74.2 cm³/mol. The summed E-state index contributed by atoms with van der Waals surface area (Å²) in [5.74, 6) is -0.426. The first kappa shape index (κ1) is 12.9. The molecule has 0 saturated heterocycles. The molecule has 1 nitrogen and oxygen atoms in total. The standard InChI is InChI=1S/C12H7Br2FOS/c13-8-6-17-12(11(8)14)10(16)5-7-3-1-2-4-9(7)15/h1-4,6H,5H2. The monoisotopic (exact) mass is 376 g/mol. The lowest BCUT2D eigenvalue weighted by Crippen LogP contribution is -2.03. The van der Waals surface area contributed by atoms with Crippen LogP contribution in [0.2, 0.25) is 0 Å². The van der Waals surface area contributed by atoms with E-state index in [1.54, 1.807) is 18.2 Å². The number of carbonyl (C=O) groups excluding carboxylic acids is 1. The minimum atomic E-state index is -0.340. The van der Waals surface area contributed by atoms with Crippen molar-refractivity contribution in [2.45, 2.75) is 6.42 Å². The highest BCUT2D eigenvalue weighted by molar-refractivity contribution is 9.13. The summed E-state index contributed by atoms with van der Waals surface area (Å²) in [5.41, 5.74) is 0.425. The van der Waals surface area contributed by atoms with Crippen LogP contribution in [0.4, 0.5) is 4.39 Å². The number of halogens is 3. The molecule has 0 unspecified atom stereocenters. The number of Topliss-reactive ketones (excluding diaryl/α,β-unsaturated/α-hetero) is 1. The van der Waals surface area contributed by atoms with Crippen molar-refractivity contribution in [3.8, 4) is 0 Å². The molecule has 1 aromatic heterocycles. The van der Waals surface area contributed by atoms with Gasteiger partial charge in [0.1, 0.15) is 5.82 Å². The van der Waals surface area contributed by atoms with Gasteiger partial charge in [-0.05, 0) is 43.5 Å². The third-order valence-electron chi connectivity index (χ3n) is 2.25. The Kier molecular flexibility index (Phi) is 4.12. The van der Waals surface area contributed by atoms with Crippen LogP contribution in [0.15, 0.2) is 38.6 Å². The molecule has 5 heteroatoms. The quantitative estimate of drug-likeness (QED) is 0.699. The average molecular weight is 378 g/mol. The van der Waals surface area contributed by atoms with Crippen LogP contribution in [-0.4, -0.2) is 5.78 Å². The second-order valence-corrected chi connectivity index (χ2v) is 5.95. The summed E-state index contributed by atoms with van der Waals surface area (Å²) in [6, 6.07) is 6.33. The van der Waals surface area contributed by atoms with E-state index in [-0.39, 0.29) is 18.0 Å². The first-order valence-electron chi connectivity index (χ1n) is 4.78. The van der Waals surface area contributed by atoms with Crippen molar-refractivity contribution in [1.29, 1.82) is 0 Å². The highest BCUT2D eigenvalue weighted by Gasteiger charge is 2.16. The van der Waals surface area contributed by atoms with Gasteiger partial charge in [0, 0.05) is 16.3 Å². The third kappa shape index (κ3) is 2.84. The fourth-order valence-corrected chi connectivity index (χ4v) is 3.54. The molecule has 0 aliphatic carbocycles. The van der Waals surface area contributed by atoms with Crippen molar-refractivity contribution in [1.82, 2.24) is 0 Å². The van der Waals surface area contributed by atoms with E-state index in [1.165, 1.54) is 17.4 Å². The molecule has 1 heterocycles. The van der Waals surface area contributed by atoms with Crippen LogP contribution in [0.25, 0.3) is 0 Å². The Bertz CT molecular complexity index is 565. The number of thiophene rings is 1. The van der Waals surface area contributed by atoms with Crippen molar-refractivity contribution >= 4 is 49.0 Å². The van der Waals surface area contributed by atoms with Crippen LogP contribution in [0.1, 0.15) is 15.2 Å². The molecule has 2 aromatic rings. The average Bonchev–Trinajstić information content (AvgIpc) is 2.63. The Morgan fingerprint density at radius 2 is 2.00 bits per heavy atom. The van der Waals surface area contributed by atoms with Crippen molar-refractivity contribution < 1.29 is 9.18 Å². The summed E-state index contributed by atoms with van der Waals surface area (Å²) in [6.45, 7) is 0. The van der Waals surface area contributed by atoms with Gasteiger partial charge in [0.15, 0.2) is 5.78 Å². The molecule has 1 aromatic carbocycles. The number of hydrogen-bond acceptors (Lipinski definition) is 2. The van der Waals surface area contributed by atoms with Crippen LogP contribution in [0.5, 0.6) is 0 Å². The first-order valence-corrected chi connectivity index (χ1v) is 7.25. The summed E-state index contributed by atoms with van der Waals surface area (Å²) in [4.78, 5) is 12.6.